The molecule has 0 aromatic carbocycles. The fraction of sp³-hybridized carbons (Fsp3) is 0.619. The molecule has 1 saturated carbocycles. The molecule has 8 nitrogen and oxygen atoms in total. The molecule has 1 saturated heterocycles. The molecule has 0 radical (unpaired) electrons. The lowest BCUT2D eigenvalue weighted by molar-refractivity contribution is -0.131. The van der Waals surface area contributed by atoms with Crippen molar-refractivity contribution in [2.24, 2.45) is 5.92 Å². The maximum absolute atomic E-state index is 12.6. The number of nitrogen functional groups attached to an aromatic ring is 1. The first-order valence-electron chi connectivity index (χ1n) is 10.8. The lowest BCUT2D eigenvalue weighted by atomic mass is 10.0. The van der Waals surface area contributed by atoms with Crippen LogP contribution in [-0.4, -0.2) is 59.5 Å². The first-order valence-corrected chi connectivity index (χ1v) is 11.7. The highest BCUT2D eigenvalue weighted by Crippen LogP contribution is 2.34. The molecule has 2 fully saturated rings. The van der Waals surface area contributed by atoms with Crippen LogP contribution in [0.25, 0.3) is 10.2 Å². The molecule has 0 spiro atoms. The van der Waals surface area contributed by atoms with Gasteiger partial charge in [-0.2, -0.15) is 4.98 Å². The predicted molar refractivity (Wildman–Crippen MR) is 118 cm³/mol. The van der Waals surface area contributed by atoms with Crippen LogP contribution in [0.15, 0.2) is 5.38 Å². The largest absolute Gasteiger partial charge is 0.462 e. The number of thiophene rings is 1. The Morgan fingerprint density at radius 1 is 1.20 bits per heavy atom. The Morgan fingerprint density at radius 2 is 1.93 bits per heavy atom. The van der Waals surface area contributed by atoms with Gasteiger partial charge in [0.05, 0.1) is 17.6 Å². The van der Waals surface area contributed by atoms with Crippen molar-refractivity contribution in [3.05, 3.63) is 10.9 Å². The predicted octanol–water partition coefficient (Wildman–Crippen LogP) is 3.07. The van der Waals surface area contributed by atoms with E-state index in [0.717, 1.165) is 12.3 Å². The van der Waals surface area contributed by atoms with E-state index in [2.05, 4.69) is 14.9 Å². The fourth-order valence-corrected chi connectivity index (χ4v) is 5.39. The summed E-state index contributed by atoms with van der Waals surface area (Å²) < 4.78 is 5.19. The third kappa shape index (κ3) is 4.35. The number of rotatable bonds is 6. The summed E-state index contributed by atoms with van der Waals surface area (Å²) in [5.41, 5.74) is 6.40. The Balaban J connectivity index is 1.45. The van der Waals surface area contributed by atoms with Gasteiger partial charge in [0.1, 0.15) is 10.6 Å². The maximum Gasteiger partial charge on any atom is 0.339 e. The highest BCUT2D eigenvalue weighted by atomic mass is 32.1. The van der Waals surface area contributed by atoms with Crippen LogP contribution in [0.3, 0.4) is 0 Å². The molecular weight excluding hydrogens is 402 g/mol. The Morgan fingerprint density at radius 3 is 2.63 bits per heavy atom. The van der Waals surface area contributed by atoms with Gasteiger partial charge in [0.25, 0.3) is 0 Å². The van der Waals surface area contributed by atoms with Gasteiger partial charge in [0, 0.05) is 38.0 Å². The van der Waals surface area contributed by atoms with Crippen LogP contribution in [0.2, 0.25) is 0 Å². The molecular formula is C21H29N5O3S. The molecule has 30 heavy (non-hydrogen) atoms. The van der Waals surface area contributed by atoms with Crippen molar-refractivity contribution in [3.63, 3.8) is 0 Å². The van der Waals surface area contributed by atoms with Crippen molar-refractivity contribution in [1.82, 2.24) is 14.9 Å². The number of hydrogen-bond acceptors (Lipinski definition) is 8. The number of anilines is 2. The summed E-state index contributed by atoms with van der Waals surface area (Å²) in [5, 5.41) is 2.44. The van der Waals surface area contributed by atoms with Gasteiger partial charge >= 0.3 is 5.97 Å². The molecule has 2 N–H and O–H groups in total. The van der Waals surface area contributed by atoms with Gasteiger partial charge in [0.15, 0.2) is 0 Å². The number of carbonyl (C=O) groups is 2. The monoisotopic (exact) mass is 431 g/mol. The van der Waals surface area contributed by atoms with Gasteiger partial charge in [0.2, 0.25) is 11.9 Å². The minimum atomic E-state index is -0.376. The van der Waals surface area contributed by atoms with Crippen LogP contribution in [0.1, 0.15) is 55.8 Å². The second-order valence-corrected chi connectivity index (χ2v) is 8.87. The zero-order valence-electron chi connectivity index (χ0n) is 17.4. The number of ether oxygens (including phenoxy) is 1. The quantitative estimate of drug-likeness (QED) is 0.701. The van der Waals surface area contributed by atoms with Crippen LogP contribution in [-0.2, 0) is 9.53 Å². The van der Waals surface area contributed by atoms with E-state index in [1.54, 1.807) is 12.3 Å². The van der Waals surface area contributed by atoms with Crippen LogP contribution < -0.4 is 10.6 Å². The van der Waals surface area contributed by atoms with Gasteiger partial charge < -0.3 is 20.3 Å². The van der Waals surface area contributed by atoms with E-state index < -0.39 is 0 Å². The molecule has 0 bridgehead atoms. The van der Waals surface area contributed by atoms with Gasteiger partial charge in [-0.3, -0.25) is 4.79 Å². The van der Waals surface area contributed by atoms with Gasteiger partial charge in [-0.25, -0.2) is 9.78 Å². The highest BCUT2D eigenvalue weighted by Gasteiger charge is 2.27. The summed E-state index contributed by atoms with van der Waals surface area (Å²) >= 11 is 1.36. The Hall–Kier alpha value is -2.42. The van der Waals surface area contributed by atoms with E-state index in [9.17, 15) is 9.59 Å². The second-order valence-electron chi connectivity index (χ2n) is 8.01. The topological polar surface area (TPSA) is 102 Å². The minimum Gasteiger partial charge on any atom is -0.462 e. The van der Waals surface area contributed by atoms with Gasteiger partial charge in [-0.15, -0.1) is 11.3 Å². The normalized spacial score (nSPS) is 17.6. The molecule has 4 rings (SSSR count). The van der Waals surface area contributed by atoms with Crippen LogP contribution in [0, 0.1) is 5.92 Å². The highest BCUT2D eigenvalue weighted by molar-refractivity contribution is 7.17. The summed E-state index contributed by atoms with van der Waals surface area (Å²) in [6.07, 6.45) is 6.83. The lowest BCUT2D eigenvalue weighted by Gasteiger charge is -2.36. The average molecular weight is 432 g/mol. The van der Waals surface area contributed by atoms with E-state index in [1.165, 1.54) is 37.0 Å². The number of amides is 1. The summed E-state index contributed by atoms with van der Waals surface area (Å²) in [6, 6.07) is 0. The number of hydrogen-bond donors (Lipinski definition) is 1. The molecule has 162 valence electrons. The summed E-state index contributed by atoms with van der Waals surface area (Å²) in [6.45, 7) is 4.69. The van der Waals surface area contributed by atoms with Gasteiger partial charge in [-0.05, 0) is 19.3 Å². The average Bonchev–Trinajstić information content (AvgIpc) is 3.41. The third-order valence-electron chi connectivity index (χ3n) is 6.10. The van der Waals surface area contributed by atoms with E-state index in [1.807, 2.05) is 4.90 Å². The molecule has 1 aliphatic heterocycles. The molecule has 9 heteroatoms. The second kappa shape index (κ2) is 9.16. The fourth-order valence-electron chi connectivity index (χ4n) is 4.48. The molecule has 0 atom stereocenters. The Bertz CT molecular complexity index is 917. The first kappa shape index (κ1) is 20.8. The van der Waals surface area contributed by atoms with Crippen LogP contribution in [0.4, 0.5) is 11.8 Å². The lowest BCUT2D eigenvalue weighted by Crippen LogP contribution is -2.49. The van der Waals surface area contributed by atoms with Gasteiger partial charge in [-0.1, -0.05) is 25.7 Å². The standard InChI is InChI=1S/C21H29N5O3S/c1-2-29-20(28)15-13-30-19-17(15)18(23-21(22)24-19)26-11-9-25(10-12-26)16(27)8-7-14-5-3-4-6-14/h13-14H,2-12H2,1H3,(H2,22,23,24). The number of carbonyl (C=O) groups excluding carboxylic acids is 2. The van der Waals surface area contributed by atoms with Crippen molar-refractivity contribution >= 4 is 45.2 Å². The summed E-state index contributed by atoms with van der Waals surface area (Å²) in [7, 11) is 0. The number of nitrogens with zero attached hydrogens (tertiary/aromatic N) is 4. The van der Waals surface area contributed by atoms with Crippen LogP contribution >= 0.6 is 11.3 Å². The van der Waals surface area contributed by atoms with E-state index in [-0.39, 0.29) is 17.8 Å². The zero-order valence-corrected chi connectivity index (χ0v) is 18.2. The van der Waals surface area contributed by atoms with E-state index in [4.69, 9.17) is 10.5 Å². The molecule has 1 aliphatic carbocycles. The third-order valence-corrected chi connectivity index (χ3v) is 6.97. The first-order chi connectivity index (χ1) is 14.6. The van der Waals surface area contributed by atoms with E-state index >= 15 is 0 Å². The zero-order chi connectivity index (χ0) is 21.1. The number of fused-ring (bicyclic) bond motifs is 1. The van der Waals surface area contributed by atoms with Crippen molar-refractivity contribution in [2.75, 3.05) is 43.4 Å². The Kier molecular flexibility index (Phi) is 6.36. The van der Waals surface area contributed by atoms with Crippen LogP contribution in [0.5, 0.6) is 0 Å². The minimum absolute atomic E-state index is 0.185. The van der Waals surface area contributed by atoms with E-state index in [0.29, 0.717) is 60.8 Å². The molecule has 0 unspecified atom stereocenters. The number of esters is 1. The molecule has 2 aromatic heterocycles. The molecule has 3 heterocycles. The SMILES string of the molecule is CCOC(=O)c1csc2nc(N)nc(N3CCN(C(=O)CCC4CCCC4)CC3)c12. The smallest absolute Gasteiger partial charge is 0.339 e. The summed E-state index contributed by atoms with van der Waals surface area (Å²) in [5.74, 6) is 1.44. The Labute approximate surface area is 180 Å². The number of piperazine rings is 1. The van der Waals surface area contributed by atoms with Crippen molar-refractivity contribution in [1.29, 1.82) is 0 Å². The number of nitrogens with two attached hydrogens (primary N) is 1. The molecule has 2 aromatic rings. The number of aromatic nitrogens is 2. The van der Waals surface area contributed by atoms with Crippen molar-refractivity contribution in [3.8, 4) is 0 Å². The van der Waals surface area contributed by atoms with Crippen molar-refractivity contribution < 1.29 is 14.3 Å². The molecule has 1 amide bonds. The van der Waals surface area contributed by atoms with Crippen molar-refractivity contribution in [2.45, 2.75) is 45.4 Å². The molecule has 2 aliphatic rings. The maximum atomic E-state index is 12.6. The summed E-state index contributed by atoms with van der Waals surface area (Å²) in [4.78, 5) is 38.5.